The first-order chi connectivity index (χ1) is 8.35. The first-order valence-electron chi connectivity index (χ1n) is 6.73. The Morgan fingerprint density at radius 1 is 1.18 bits per heavy atom. The molecule has 0 saturated heterocycles. The number of rotatable bonds is 3. The van der Waals surface area contributed by atoms with Gasteiger partial charge >= 0.3 is 0 Å². The van der Waals surface area contributed by atoms with Crippen molar-refractivity contribution in [2.75, 3.05) is 26.7 Å². The van der Waals surface area contributed by atoms with Crippen molar-refractivity contribution in [1.82, 2.24) is 4.90 Å². The van der Waals surface area contributed by atoms with Crippen LogP contribution < -0.4 is 4.74 Å². The quantitative estimate of drug-likeness (QED) is 0.792. The van der Waals surface area contributed by atoms with Gasteiger partial charge in [-0.05, 0) is 54.9 Å². The molecule has 1 aromatic carbocycles. The Hall–Kier alpha value is -1.02. The highest BCUT2D eigenvalue weighted by molar-refractivity contribution is 5.36. The van der Waals surface area contributed by atoms with Gasteiger partial charge in [0.05, 0.1) is 7.11 Å². The van der Waals surface area contributed by atoms with E-state index in [1.54, 1.807) is 7.11 Å². The molecule has 1 aliphatic heterocycles. The topological polar surface area (TPSA) is 12.5 Å². The molecule has 1 heterocycles. The predicted molar refractivity (Wildman–Crippen MR) is 69.6 cm³/mol. The van der Waals surface area contributed by atoms with Crippen LogP contribution in [0.3, 0.4) is 0 Å². The fourth-order valence-electron chi connectivity index (χ4n) is 2.72. The van der Waals surface area contributed by atoms with E-state index in [0.717, 1.165) is 11.7 Å². The highest BCUT2D eigenvalue weighted by Crippen LogP contribution is 2.30. The van der Waals surface area contributed by atoms with Crippen LogP contribution in [0.15, 0.2) is 18.2 Å². The maximum absolute atomic E-state index is 5.31. The summed E-state index contributed by atoms with van der Waals surface area (Å²) in [6, 6.07) is 6.56. The normalized spacial score (nSPS) is 20.8. The van der Waals surface area contributed by atoms with Crippen LogP contribution in [0.25, 0.3) is 0 Å². The van der Waals surface area contributed by atoms with Crippen molar-refractivity contribution >= 4 is 0 Å². The molecule has 2 heteroatoms. The number of benzene rings is 1. The Bertz CT molecular complexity index is 398. The second kappa shape index (κ2) is 4.69. The number of fused-ring (bicyclic) bond motifs is 1. The molecule has 1 fully saturated rings. The van der Waals surface area contributed by atoms with Crippen LogP contribution in [0.4, 0.5) is 0 Å². The summed E-state index contributed by atoms with van der Waals surface area (Å²) < 4.78 is 5.31. The Morgan fingerprint density at radius 2 is 1.94 bits per heavy atom. The summed E-state index contributed by atoms with van der Waals surface area (Å²) in [5, 5.41) is 0. The third kappa shape index (κ3) is 2.63. The molecule has 0 radical (unpaired) electrons. The van der Waals surface area contributed by atoms with E-state index < -0.39 is 0 Å². The minimum Gasteiger partial charge on any atom is -0.497 e. The Morgan fingerprint density at radius 3 is 2.65 bits per heavy atom. The van der Waals surface area contributed by atoms with Gasteiger partial charge in [-0.2, -0.15) is 0 Å². The van der Waals surface area contributed by atoms with Crippen LogP contribution >= 0.6 is 0 Å². The molecular weight excluding hydrogens is 210 g/mol. The molecule has 0 spiro atoms. The van der Waals surface area contributed by atoms with Gasteiger partial charge in [0, 0.05) is 19.6 Å². The highest BCUT2D eigenvalue weighted by atomic mass is 16.5. The van der Waals surface area contributed by atoms with Crippen LogP contribution in [0.5, 0.6) is 5.75 Å². The summed E-state index contributed by atoms with van der Waals surface area (Å²) in [7, 11) is 1.75. The molecule has 2 aliphatic rings. The molecule has 17 heavy (non-hydrogen) atoms. The van der Waals surface area contributed by atoms with Crippen LogP contribution in [0.2, 0.25) is 0 Å². The number of ether oxygens (including phenoxy) is 1. The SMILES string of the molecule is COc1ccc2c(c1)CCN(CC1CC1)CC2. The summed E-state index contributed by atoms with van der Waals surface area (Å²) in [6.07, 6.45) is 5.29. The lowest BCUT2D eigenvalue weighted by Crippen LogP contribution is -2.28. The second-order valence-corrected chi connectivity index (χ2v) is 5.38. The largest absolute Gasteiger partial charge is 0.497 e. The summed E-state index contributed by atoms with van der Waals surface area (Å²) >= 11 is 0. The zero-order chi connectivity index (χ0) is 11.7. The average molecular weight is 231 g/mol. The lowest BCUT2D eigenvalue weighted by atomic mass is 10.0. The van der Waals surface area contributed by atoms with E-state index in [0.29, 0.717) is 0 Å². The van der Waals surface area contributed by atoms with Gasteiger partial charge in [-0.1, -0.05) is 6.07 Å². The van der Waals surface area contributed by atoms with Crippen molar-refractivity contribution in [1.29, 1.82) is 0 Å². The molecular formula is C15H21NO. The number of methoxy groups -OCH3 is 1. The molecule has 0 N–H and O–H groups in total. The lowest BCUT2D eigenvalue weighted by Gasteiger charge is -2.18. The van der Waals surface area contributed by atoms with Gasteiger partial charge in [0.2, 0.25) is 0 Å². The molecule has 0 amide bonds. The average Bonchev–Trinajstić information content (AvgIpc) is 3.17. The first-order valence-corrected chi connectivity index (χ1v) is 6.73. The first kappa shape index (κ1) is 11.1. The molecule has 0 atom stereocenters. The number of nitrogens with zero attached hydrogens (tertiary/aromatic N) is 1. The van der Waals surface area contributed by atoms with E-state index in [1.807, 2.05) is 0 Å². The van der Waals surface area contributed by atoms with Crippen molar-refractivity contribution in [3.8, 4) is 5.75 Å². The van der Waals surface area contributed by atoms with E-state index in [4.69, 9.17) is 4.74 Å². The van der Waals surface area contributed by atoms with Crippen molar-refractivity contribution in [2.45, 2.75) is 25.7 Å². The fraction of sp³-hybridized carbons (Fsp3) is 0.600. The fourth-order valence-corrected chi connectivity index (χ4v) is 2.72. The summed E-state index contributed by atoms with van der Waals surface area (Å²) in [5.41, 5.74) is 3.01. The third-order valence-electron chi connectivity index (χ3n) is 4.02. The van der Waals surface area contributed by atoms with Crippen molar-refractivity contribution in [3.05, 3.63) is 29.3 Å². The summed E-state index contributed by atoms with van der Waals surface area (Å²) in [4.78, 5) is 2.64. The number of hydrogen-bond acceptors (Lipinski definition) is 2. The summed E-state index contributed by atoms with van der Waals surface area (Å²) in [5.74, 6) is 2.00. The molecule has 1 aliphatic carbocycles. The third-order valence-corrected chi connectivity index (χ3v) is 4.02. The number of hydrogen-bond donors (Lipinski definition) is 0. The van der Waals surface area contributed by atoms with E-state index >= 15 is 0 Å². The molecule has 3 rings (SSSR count). The predicted octanol–water partition coefficient (Wildman–Crippen LogP) is 2.51. The molecule has 0 unspecified atom stereocenters. The Labute approximate surface area is 104 Å². The second-order valence-electron chi connectivity index (χ2n) is 5.38. The van der Waals surface area contributed by atoms with Crippen LogP contribution in [0, 0.1) is 5.92 Å². The van der Waals surface area contributed by atoms with Crippen molar-refractivity contribution in [3.63, 3.8) is 0 Å². The molecule has 2 nitrogen and oxygen atoms in total. The molecule has 0 aromatic heterocycles. The van der Waals surface area contributed by atoms with Gasteiger partial charge in [0.25, 0.3) is 0 Å². The van der Waals surface area contributed by atoms with E-state index in [2.05, 4.69) is 23.1 Å². The molecule has 92 valence electrons. The monoisotopic (exact) mass is 231 g/mol. The van der Waals surface area contributed by atoms with Gasteiger partial charge in [0.1, 0.15) is 5.75 Å². The molecule has 1 aromatic rings. The standard InChI is InChI=1S/C15H21NO/c1-17-15-5-4-13-6-8-16(11-12-2-3-12)9-7-14(13)10-15/h4-5,10,12H,2-3,6-9,11H2,1H3. The van der Waals surface area contributed by atoms with Crippen molar-refractivity contribution in [2.24, 2.45) is 5.92 Å². The molecule has 1 saturated carbocycles. The highest BCUT2D eigenvalue weighted by Gasteiger charge is 2.25. The van der Waals surface area contributed by atoms with Gasteiger partial charge < -0.3 is 9.64 Å². The summed E-state index contributed by atoms with van der Waals surface area (Å²) in [6.45, 7) is 3.78. The maximum atomic E-state index is 5.31. The smallest absolute Gasteiger partial charge is 0.119 e. The van der Waals surface area contributed by atoms with E-state index in [-0.39, 0.29) is 0 Å². The van der Waals surface area contributed by atoms with Gasteiger partial charge in [-0.15, -0.1) is 0 Å². The van der Waals surface area contributed by atoms with Gasteiger partial charge in [0.15, 0.2) is 0 Å². The zero-order valence-corrected chi connectivity index (χ0v) is 10.6. The van der Waals surface area contributed by atoms with E-state index in [1.165, 1.54) is 56.4 Å². The van der Waals surface area contributed by atoms with Crippen LogP contribution in [-0.2, 0) is 12.8 Å². The Kier molecular flexibility index (Phi) is 3.06. The van der Waals surface area contributed by atoms with E-state index in [9.17, 15) is 0 Å². The van der Waals surface area contributed by atoms with Crippen LogP contribution in [0.1, 0.15) is 24.0 Å². The minimum absolute atomic E-state index is 0.999. The minimum atomic E-state index is 0.999. The Balaban J connectivity index is 1.70. The maximum Gasteiger partial charge on any atom is 0.119 e. The van der Waals surface area contributed by atoms with Gasteiger partial charge in [-0.3, -0.25) is 0 Å². The van der Waals surface area contributed by atoms with Gasteiger partial charge in [-0.25, -0.2) is 0 Å². The van der Waals surface area contributed by atoms with Crippen molar-refractivity contribution < 1.29 is 4.74 Å². The molecule has 0 bridgehead atoms. The van der Waals surface area contributed by atoms with Crippen LogP contribution in [-0.4, -0.2) is 31.6 Å². The zero-order valence-electron chi connectivity index (χ0n) is 10.6. The lowest BCUT2D eigenvalue weighted by molar-refractivity contribution is 0.276.